The van der Waals surface area contributed by atoms with E-state index in [4.69, 9.17) is 4.74 Å². The fourth-order valence-electron chi connectivity index (χ4n) is 4.15. The number of rotatable bonds is 7. The van der Waals surface area contributed by atoms with Gasteiger partial charge in [-0.15, -0.1) is 11.3 Å². The number of aromatic nitrogens is 1. The van der Waals surface area contributed by atoms with E-state index in [1.54, 1.807) is 48.8 Å². The van der Waals surface area contributed by atoms with Crippen LogP contribution in [-0.2, 0) is 19.4 Å². The number of carbonyl (C=O) groups is 2. The van der Waals surface area contributed by atoms with E-state index in [2.05, 4.69) is 34.6 Å². The van der Waals surface area contributed by atoms with Crippen LogP contribution >= 0.6 is 11.3 Å². The summed E-state index contributed by atoms with van der Waals surface area (Å²) in [5.74, 6) is 0.369. The molecule has 2 N–H and O–H groups in total. The van der Waals surface area contributed by atoms with E-state index in [9.17, 15) is 9.59 Å². The van der Waals surface area contributed by atoms with Crippen molar-refractivity contribution in [2.24, 2.45) is 0 Å². The largest absolute Gasteiger partial charge is 0.496 e. The second kappa shape index (κ2) is 10.4. The first-order valence-corrected chi connectivity index (χ1v) is 12.1. The summed E-state index contributed by atoms with van der Waals surface area (Å²) in [5, 5.41) is 6.51. The van der Waals surface area contributed by atoms with Crippen molar-refractivity contribution < 1.29 is 14.3 Å². The van der Waals surface area contributed by atoms with E-state index >= 15 is 0 Å². The van der Waals surface area contributed by atoms with Crippen molar-refractivity contribution >= 4 is 28.3 Å². The fourth-order valence-corrected chi connectivity index (χ4v) is 5.22. The zero-order valence-electron chi connectivity index (χ0n) is 20.0. The molecule has 0 aliphatic heterocycles. The number of carbonyl (C=O) groups excluding carboxylic acids is 2. The lowest BCUT2D eigenvalue weighted by atomic mass is 9.97. The molecule has 1 heterocycles. The van der Waals surface area contributed by atoms with Crippen LogP contribution in [0.25, 0.3) is 0 Å². The second-order valence-electron chi connectivity index (χ2n) is 8.77. The monoisotopic (exact) mass is 478 g/mol. The molecule has 0 bridgehead atoms. The molecule has 0 radical (unpaired) electrons. The molecule has 1 aromatic heterocycles. The van der Waals surface area contributed by atoms with E-state index in [0.717, 1.165) is 41.8 Å². The van der Waals surface area contributed by atoms with Gasteiger partial charge in [-0.3, -0.25) is 14.9 Å². The highest BCUT2D eigenvalue weighted by Gasteiger charge is 2.24. The highest BCUT2D eigenvalue weighted by molar-refractivity contribution is 7.15. The average Bonchev–Trinajstić information content (AvgIpc) is 3.24. The minimum atomic E-state index is -0.200. The SMILES string of the molecule is COc1ccc(C(=O)NCc2cccc(C(=O)Nc3nc4c(s3)C[C@H](N(C)C)CC4)c2)cc1C. The number of anilines is 1. The molecule has 34 heavy (non-hydrogen) atoms. The maximum Gasteiger partial charge on any atom is 0.257 e. The number of nitrogens with one attached hydrogen (secondary N) is 2. The van der Waals surface area contributed by atoms with Crippen LogP contribution in [0.1, 0.15) is 48.8 Å². The summed E-state index contributed by atoms with van der Waals surface area (Å²) in [6.07, 6.45) is 2.99. The Morgan fingerprint density at radius 2 is 1.94 bits per heavy atom. The van der Waals surface area contributed by atoms with Gasteiger partial charge in [0.2, 0.25) is 0 Å². The van der Waals surface area contributed by atoms with Gasteiger partial charge < -0.3 is 15.0 Å². The second-order valence-corrected chi connectivity index (χ2v) is 9.85. The molecule has 0 fully saturated rings. The number of hydrogen-bond donors (Lipinski definition) is 2. The number of nitrogens with zero attached hydrogens (tertiary/aromatic N) is 2. The molecule has 7 nitrogen and oxygen atoms in total. The molecule has 1 aliphatic carbocycles. The molecule has 1 atom stereocenters. The quantitative estimate of drug-likeness (QED) is 0.535. The molecule has 1 aliphatic rings. The summed E-state index contributed by atoms with van der Waals surface area (Å²) in [6, 6.07) is 13.1. The lowest BCUT2D eigenvalue weighted by Gasteiger charge is -2.27. The number of methoxy groups -OCH3 is 1. The number of ether oxygens (including phenoxy) is 1. The maximum atomic E-state index is 12.9. The van der Waals surface area contributed by atoms with E-state index in [0.29, 0.717) is 28.8 Å². The minimum absolute atomic E-state index is 0.176. The van der Waals surface area contributed by atoms with E-state index in [1.807, 2.05) is 19.1 Å². The molecule has 3 aromatic rings. The highest BCUT2D eigenvalue weighted by atomic mass is 32.1. The predicted molar refractivity (Wildman–Crippen MR) is 135 cm³/mol. The molecule has 2 amide bonds. The standard InChI is InChI=1S/C26H30N4O3S/c1-16-12-19(8-11-22(16)33-4)24(31)27-15-17-6-5-7-18(13-17)25(32)29-26-28-21-10-9-20(30(2)3)14-23(21)34-26/h5-8,11-13,20H,9-10,14-15H2,1-4H3,(H,27,31)(H,28,29,32)/t20-/m1/s1. The van der Waals surface area contributed by atoms with Crippen LogP contribution in [-0.4, -0.2) is 48.9 Å². The zero-order chi connectivity index (χ0) is 24.2. The lowest BCUT2D eigenvalue weighted by Crippen LogP contribution is -2.32. The first kappa shape index (κ1) is 23.9. The van der Waals surface area contributed by atoms with Crippen molar-refractivity contribution in [2.45, 2.75) is 38.8 Å². The molecule has 0 saturated carbocycles. The number of likely N-dealkylation sites (N-methyl/N-ethyl adjacent to an activating group) is 1. The zero-order valence-corrected chi connectivity index (χ0v) is 20.8. The number of thiazole rings is 1. The predicted octanol–water partition coefficient (Wildman–Crippen LogP) is 4.06. The van der Waals surface area contributed by atoms with Crippen molar-refractivity contribution in [3.8, 4) is 5.75 Å². The van der Waals surface area contributed by atoms with Crippen molar-refractivity contribution in [2.75, 3.05) is 26.5 Å². The van der Waals surface area contributed by atoms with Gasteiger partial charge in [-0.1, -0.05) is 12.1 Å². The van der Waals surface area contributed by atoms with Crippen LogP contribution in [0.5, 0.6) is 5.75 Å². The van der Waals surface area contributed by atoms with Crippen molar-refractivity contribution in [1.82, 2.24) is 15.2 Å². The van der Waals surface area contributed by atoms with Gasteiger partial charge in [0, 0.05) is 28.6 Å². The number of benzene rings is 2. The maximum absolute atomic E-state index is 12.9. The van der Waals surface area contributed by atoms with E-state index in [1.165, 1.54) is 4.88 Å². The van der Waals surface area contributed by atoms with Crippen LogP contribution in [0, 0.1) is 6.92 Å². The van der Waals surface area contributed by atoms with Crippen molar-refractivity contribution in [3.63, 3.8) is 0 Å². The fraction of sp³-hybridized carbons (Fsp3) is 0.346. The molecule has 2 aromatic carbocycles. The van der Waals surface area contributed by atoms with E-state index < -0.39 is 0 Å². The lowest BCUT2D eigenvalue weighted by molar-refractivity contribution is 0.0950. The molecule has 4 rings (SSSR count). The van der Waals surface area contributed by atoms with E-state index in [-0.39, 0.29) is 11.8 Å². The van der Waals surface area contributed by atoms with Crippen LogP contribution < -0.4 is 15.4 Å². The van der Waals surface area contributed by atoms with Crippen LogP contribution in [0.3, 0.4) is 0 Å². The third kappa shape index (κ3) is 5.46. The number of fused-ring (bicyclic) bond motifs is 1. The minimum Gasteiger partial charge on any atom is -0.496 e. The Labute approximate surface area is 204 Å². The number of aryl methyl sites for hydroxylation is 2. The highest BCUT2D eigenvalue weighted by Crippen LogP contribution is 2.31. The number of amides is 2. The van der Waals surface area contributed by atoms with Gasteiger partial charge in [0.1, 0.15) is 5.75 Å². The summed E-state index contributed by atoms with van der Waals surface area (Å²) < 4.78 is 5.25. The van der Waals surface area contributed by atoms with Gasteiger partial charge >= 0.3 is 0 Å². The summed E-state index contributed by atoms with van der Waals surface area (Å²) in [7, 11) is 5.81. The Bertz CT molecular complexity index is 1200. The first-order valence-electron chi connectivity index (χ1n) is 11.3. The normalized spacial score (nSPS) is 15.0. The Morgan fingerprint density at radius 3 is 2.68 bits per heavy atom. The van der Waals surface area contributed by atoms with Crippen molar-refractivity contribution in [3.05, 3.63) is 75.3 Å². The Balaban J connectivity index is 1.37. The topological polar surface area (TPSA) is 83.6 Å². The Hall–Kier alpha value is -3.23. The Kier molecular flexibility index (Phi) is 7.29. The molecule has 0 saturated heterocycles. The summed E-state index contributed by atoms with van der Waals surface area (Å²) in [6.45, 7) is 2.22. The van der Waals surface area contributed by atoms with Crippen molar-refractivity contribution in [1.29, 1.82) is 0 Å². The average molecular weight is 479 g/mol. The molecule has 8 heteroatoms. The molecule has 0 spiro atoms. The molecular formula is C26H30N4O3S. The first-order chi connectivity index (χ1) is 16.3. The van der Waals surface area contributed by atoms with Gasteiger partial charge in [-0.25, -0.2) is 4.98 Å². The van der Waals surface area contributed by atoms with Crippen LogP contribution in [0.4, 0.5) is 5.13 Å². The number of hydrogen-bond acceptors (Lipinski definition) is 6. The smallest absolute Gasteiger partial charge is 0.257 e. The third-order valence-corrected chi connectivity index (χ3v) is 7.20. The van der Waals surface area contributed by atoms with Gasteiger partial charge in [-0.2, -0.15) is 0 Å². The van der Waals surface area contributed by atoms with Gasteiger partial charge in [0.25, 0.3) is 11.8 Å². The Morgan fingerprint density at radius 1 is 1.15 bits per heavy atom. The summed E-state index contributed by atoms with van der Waals surface area (Å²) in [4.78, 5) is 33.6. The molecule has 178 valence electrons. The molecular weight excluding hydrogens is 448 g/mol. The summed E-state index contributed by atoms with van der Waals surface area (Å²) in [5.41, 5.74) is 3.94. The van der Waals surface area contributed by atoms with Gasteiger partial charge in [0.05, 0.1) is 12.8 Å². The van der Waals surface area contributed by atoms with Crippen LogP contribution in [0.15, 0.2) is 42.5 Å². The third-order valence-electron chi connectivity index (χ3n) is 6.16. The molecule has 0 unspecified atom stereocenters. The van der Waals surface area contributed by atoms with Gasteiger partial charge in [0.15, 0.2) is 5.13 Å². The summed E-state index contributed by atoms with van der Waals surface area (Å²) >= 11 is 1.56. The van der Waals surface area contributed by atoms with Gasteiger partial charge in [-0.05, 0) is 81.7 Å². The van der Waals surface area contributed by atoms with Crippen LogP contribution in [0.2, 0.25) is 0 Å².